The summed E-state index contributed by atoms with van der Waals surface area (Å²) < 4.78 is 6.02. The molecule has 0 aliphatic carbocycles. The molecule has 1 N–H and O–H groups in total. The molecule has 3 rings (SSSR count). The number of carbonyl (C=O) groups excluding carboxylic acids is 1. The van der Waals surface area contributed by atoms with Crippen molar-refractivity contribution in [2.45, 2.75) is 45.1 Å². The van der Waals surface area contributed by atoms with E-state index in [1.165, 1.54) is 17.3 Å². The van der Waals surface area contributed by atoms with Gasteiger partial charge in [-0.25, -0.2) is 4.79 Å². The largest absolute Gasteiger partial charge is 0.511 e. The summed E-state index contributed by atoms with van der Waals surface area (Å²) in [5, 5.41) is 10.8. The molecule has 148 valence electrons. The summed E-state index contributed by atoms with van der Waals surface area (Å²) in [5.41, 5.74) is 1.38. The van der Waals surface area contributed by atoms with Crippen molar-refractivity contribution < 1.29 is 14.6 Å². The Morgan fingerprint density at radius 2 is 1.71 bits per heavy atom. The number of esters is 1. The first kappa shape index (κ1) is 20.5. The van der Waals surface area contributed by atoms with Crippen LogP contribution >= 0.6 is 11.8 Å². The Balaban J connectivity index is 1.76. The lowest BCUT2D eigenvalue weighted by molar-refractivity contribution is -0.160. The number of rotatable bonds is 8. The average Bonchev–Trinajstić information content (AvgIpc) is 2.70. The smallest absolute Gasteiger partial charge is 0.348 e. The van der Waals surface area contributed by atoms with Crippen molar-refractivity contribution in [1.82, 2.24) is 0 Å². The molecule has 0 bridgehead atoms. The van der Waals surface area contributed by atoms with Crippen LogP contribution in [-0.2, 0) is 21.6 Å². The number of aliphatic hydroxyl groups is 1. The number of aryl methyl sites for hydroxylation is 1. The molecule has 0 saturated heterocycles. The molecule has 1 unspecified atom stereocenters. The van der Waals surface area contributed by atoms with Gasteiger partial charge in [-0.1, -0.05) is 74.5 Å². The predicted molar refractivity (Wildman–Crippen MR) is 115 cm³/mol. The summed E-state index contributed by atoms with van der Waals surface area (Å²) in [6.07, 6.45) is 2.80. The van der Waals surface area contributed by atoms with Gasteiger partial charge in [-0.05, 0) is 36.3 Å². The lowest BCUT2D eigenvalue weighted by atomic mass is 9.82. The van der Waals surface area contributed by atoms with Crippen molar-refractivity contribution in [2.75, 3.05) is 5.75 Å². The molecule has 28 heavy (non-hydrogen) atoms. The number of aliphatic hydroxyl groups excluding tert-OH is 1. The van der Waals surface area contributed by atoms with E-state index in [1.807, 2.05) is 48.5 Å². The highest BCUT2D eigenvalue weighted by atomic mass is 32.2. The lowest BCUT2D eigenvalue weighted by Gasteiger charge is -2.38. The second-order valence-electron chi connectivity index (χ2n) is 7.72. The van der Waals surface area contributed by atoms with Gasteiger partial charge in [0.2, 0.25) is 0 Å². The highest BCUT2D eigenvalue weighted by molar-refractivity contribution is 8.04. The minimum atomic E-state index is -0.782. The van der Waals surface area contributed by atoms with E-state index in [0.29, 0.717) is 23.7 Å². The molecule has 0 fully saturated rings. The summed E-state index contributed by atoms with van der Waals surface area (Å²) in [5.74, 6) is 0.964. The van der Waals surface area contributed by atoms with E-state index in [9.17, 15) is 9.90 Å². The fourth-order valence-electron chi connectivity index (χ4n) is 3.49. The second-order valence-corrected chi connectivity index (χ2v) is 8.82. The minimum Gasteiger partial charge on any atom is -0.511 e. The lowest BCUT2D eigenvalue weighted by Crippen LogP contribution is -2.37. The number of ether oxygens (including phenoxy) is 1. The van der Waals surface area contributed by atoms with Gasteiger partial charge in [0.1, 0.15) is 16.3 Å². The van der Waals surface area contributed by atoms with Crippen LogP contribution < -0.4 is 0 Å². The van der Waals surface area contributed by atoms with Crippen LogP contribution in [0.5, 0.6) is 0 Å². The number of hydrogen-bond acceptors (Lipinski definition) is 4. The predicted octanol–water partition coefficient (Wildman–Crippen LogP) is 6.01. The topological polar surface area (TPSA) is 46.5 Å². The zero-order valence-electron chi connectivity index (χ0n) is 16.6. The Labute approximate surface area is 171 Å². The maximum Gasteiger partial charge on any atom is 0.348 e. The Morgan fingerprint density at radius 1 is 1.07 bits per heavy atom. The van der Waals surface area contributed by atoms with E-state index in [4.69, 9.17) is 4.74 Å². The van der Waals surface area contributed by atoms with Crippen LogP contribution in [0, 0.1) is 5.92 Å². The van der Waals surface area contributed by atoms with Crippen LogP contribution in [0.4, 0.5) is 0 Å². The maximum absolute atomic E-state index is 12.8. The van der Waals surface area contributed by atoms with Crippen LogP contribution in [0.2, 0.25) is 0 Å². The zero-order chi connectivity index (χ0) is 20.0. The number of carbonyl (C=O) groups is 1. The first-order chi connectivity index (χ1) is 13.5. The first-order valence-corrected chi connectivity index (χ1v) is 10.9. The number of benzene rings is 2. The molecule has 0 spiro atoms. The average molecular weight is 397 g/mol. The van der Waals surface area contributed by atoms with Gasteiger partial charge in [-0.3, -0.25) is 0 Å². The minimum absolute atomic E-state index is 0.155. The fourth-order valence-corrected chi connectivity index (χ4v) is 4.43. The van der Waals surface area contributed by atoms with Crippen LogP contribution in [0.3, 0.4) is 0 Å². The molecule has 0 radical (unpaired) electrons. The third-order valence-electron chi connectivity index (χ3n) is 5.09. The molecular weight excluding hydrogens is 368 g/mol. The third-order valence-corrected chi connectivity index (χ3v) is 6.19. The molecular formula is C24H28O3S. The summed E-state index contributed by atoms with van der Waals surface area (Å²) in [6.45, 7) is 4.31. The van der Waals surface area contributed by atoms with Gasteiger partial charge in [0, 0.05) is 5.75 Å². The van der Waals surface area contributed by atoms with Crippen molar-refractivity contribution >= 4 is 17.7 Å². The number of thioether (sulfide) groups is 1. The third kappa shape index (κ3) is 4.99. The molecule has 1 atom stereocenters. The molecule has 1 aliphatic rings. The van der Waals surface area contributed by atoms with Gasteiger partial charge in [0.15, 0.2) is 0 Å². The number of hydrogen-bond donors (Lipinski definition) is 1. The van der Waals surface area contributed by atoms with E-state index in [2.05, 4.69) is 26.0 Å². The van der Waals surface area contributed by atoms with Gasteiger partial charge in [0.05, 0.1) is 6.42 Å². The summed E-state index contributed by atoms with van der Waals surface area (Å²) in [6, 6.07) is 20.0. The van der Waals surface area contributed by atoms with Crippen LogP contribution in [0.15, 0.2) is 71.3 Å². The van der Waals surface area contributed by atoms with E-state index in [1.54, 1.807) is 0 Å². The van der Waals surface area contributed by atoms with Crippen molar-refractivity contribution in [1.29, 1.82) is 0 Å². The standard InChI is InChI=1S/C24H28O3S/c1-18(2)13-15-24(20-11-7-4-8-12-20)17-21(25)22(23(26)27-24)28-16-14-19-9-5-3-6-10-19/h3-12,18,25H,13-17H2,1-2H3. The molecule has 0 saturated carbocycles. The van der Waals surface area contributed by atoms with Gasteiger partial charge in [-0.2, -0.15) is 0 Å². The maximum atomic E-state index is 12.8. The Kier molecular flexibility index (Phi) is 6.84. The van der Waals surface area contributed by atoms with Crippen molar-refractivity contribution in [2.24, 2.45) is 5.92 Å². The second kappa shape index (κ2) is 9.33. The molecule has 2 aromatic rings. The molecule has 0 aromatic heterocycles. The first-order valence-electron chi connectivity index (χ1n) is 9.88. The Bertz CT molecular complexity index is 814. The van der Waals surface area contributed by atoms with Crippen LogP contribution in [0.25, 0.3) is 0 Å². The molecule has 1 heterocycles. The highest BCUT2D eigenvalue weighted by Crippen LogP contribution is 2.44. The monoisotopic (exact) mass is 396 g/mol. The van der Waals surface area contributed by atoms with Crippen LogP contribution in [-0.4, -0.2) is 16.8 Å². The summed E-state index contributed by atoms with van der Waals surface area (Å²) in [7, 11) is 0. The normalized spacial score (nSPS) is 19.8. The quantitative estimate of drug-likeness (QED) is 0.555. The Morgan fingerprint density at radius 3 is 2.32 bits per heavy atom. The van der Waals surface area contributed by atoms with E-state index in [-0.39, 0.29) is 5.76 Å². The van der Waals surface area contributed by atoms with Gasteiger partial charge >= 0.3 is 5.97 Å². The molecule has 3 nitrogen and oxygen atoms in total. The van der Waals surface area contributed by atoms with E-state index < -0.39 is 11.6 Å². The SMILES string of the molecule is CC(C)CCC1(c2ccccc2)CC(O)=C(SCCc2ccccc2)C(=O)O1. The van der Waals surface area contributed by atoms with Gasteiger partial charge in [0.25, 0.3) is 0 Å². The molecule has 0 amide bonds. The van der Waals surface area contributed by atoms with E-state index in [0.717, 1.165) is 24.2 Å². The van der Waals surface area contributed by atoms with Gasteiger partial charge in [-0.15, -0.1) is 11.8 Å². The molecule has 2 aromatic carbocycles. The van der Waals surface area contributed by atoms with Crippen molar-refractivity contribution in [3.8, 4) is 0 Å². The molecule has 4 heteroatoms. The van der Waals surface area contributed by atoms with Crippen LogP contribution in [0.1, 0.15) is 44.2 Å². The number of cyclic esters (lactones) is 1. The van der Waals surface area contributed by atoms with Gasteiger partial charge < -0.3 is 9.84 Å². The van der Waals surface area contributed by atoms with Crippen molar-refractivity contribution in [3.05, 3.63) is 82.5 Å². The highest BCUT2D eigenvalue weighted by Gasteiger charge is 2.43. The molecule has 1 aliphatic heterocycles. The van der Waals surface area contributed by atoms with Crippen molar-refractivity contribution in [3.63, 3.8) is 0 Å². The summed E-state index contributed by atoms with van der Waals surface area (Å²) in [4.78, 5) is 13.2. The van der Waals surface area contributed by atoms with E-state index >= 15 is 0 Å². The summed E-state index contributed by atoms with van der Waals surface area (Å²) >= 11 is 1.38. The fraction of sp³-hybridized carbons (Fsp3) is 0.375. The Hall–Kier alpha value is -2.20. The zero-order valence-corrected chi connectivity index (χ0v) is 17.4.